The van der Waals surface area contributed by atoms with Crippen molar-refractivity contribution in [3.05, 3.63) is 70.8 Å². The zero-order valence-corrected chi connectivity index (χ0v) is 17.0. The third-order valence-corrected chi connectivity index (χ3v) is 4.47. The van der Waals surface area contributed by atoms with Crippen LogP contribution in [0.5, 0.6) is 0 Å². The van der Waals surface area contributed by atoms with Crippen LogP contribution >= 0.6 is 0 Å². The Morgan fingerprint density at radius 1 is 0.926 bits per heavy atom. The molecule has 0 fully saturated rings. The first-order valence-electron chi connectivity index (χ1n) is 9.47. The van der Waals surface area contributed by atoms with Gasteiger partial charge in [-0.3, -0.25) is 9.59 Å². The van der Waals surface area contributed by atoms with E-state index in [1.165, 1.54) is 0 Å². The molecular formula is C23H30N2O2. The van der Waals surface area contributed by atoms with E-state index in [4.69, 9.17) is 0 Å². The standard InChI is InChI=1S/C23H30N2O2/c1-16(2)24-23(27)19(5)25(15-21-11-7-9-18(4)13-21)22(26)14-20-10-6-8-17(3)12-20/h6-13,16,19H,14-15H2,1-5H3,(H,24,27). The Bertz CT molecular complexity index is 798. The van der Waals surface area contributed by atoms with Gasteiger partial charge in [-0.25, -0.2) is 0 Å². The van der Waals surface area contributed by atoms with E-state index in [1.54, 1.807) is 11.8 Å². The first kappa shape index (κ1) is 20.7. The quantitative estimate of drug-likeness (QED) is 0.810. The molecule has 2 aromatic carbocycles. The van der Waals surface area contributed by atoms with Crippen molar-refractivity contribution in [2.24, 2.45) is 0 Å². The minimum absolute atomic E-state index is 0.0349. The van der Waals surface area contributed by atoms with Crippen molar-refractivity contribution in [1.82, 2.24) is 10.2 Å². The molecule has 0 aliphatic heterocycles. The summed E-state index contributed by atoms with van der Waals surface area (Å²) in [5, 5.41) is 2.92. The van der Waals surface area contributed by atoms with Crippen LogP contribution in [0.15, 0.2) is 48.5 Å². The summed E-state index contributed by atoms with van der Waals surface area (Å²) in [5.41, 5.74) is 4.25. The molecule has 0 aromatic heterocycles. The highest BCUT2D eigenvalue weighted by molar-refractivity contribution is 5.88. The Morgan fingerprint density at radius 2 is 1.48 bits per heavy atom. The number of nitrogens with zero attached hydrogens (tertiary/aromatic N) is 1. The van der Waals surface area contributed by atoms with Gasteiger partial charge in [-0.05, 0) is 45.7 Å². The van der Waals surface area contributed by atoms with Gasteiger partial charge < -0.3 is 10.2 Å². The Labute approximate surface area is 162 Å². The lowest BCUT2D eigenvalue weighted by Gasteiger charge is -2.29. The Balaban J connectivity index is 2.24. The van der Waals surface area contributed by atoms with E-state index in [0.717, 1.165) is 22.3 Å². The first-order valence-corrected chi connectivity index (χ1v) is 9.47. The molecule has 4 nitrogen and oxygen atoms in total. The molecule has 144 valence electrons. The molecule has 0 aliphatic rings. The molecule has 27 heavy (non-hydrogen) atoms. The van der Waals surface area contributed by atoms with Gasteiger partial charge in [0.25, 0.3) is 0 Å². The van der Waals surface area contributed by atoms with Gasteiger partial charge in [0.15, 0.2) is 0 Å². The summed E-state index contributed by atoms with van der Waals surface area (Å²) in [6.07, 6.45) is 0.285. The minimum Gasteiger partial charge on any atom is -0.352 e. The molecule has 2 rings (SSSR count). The van der Waals surface area contributed by atoms with Crippen LogP contribution in [0.25, 0.3) is 0 Å². The van der Waals surface area contributed by atoms with Crippen molar-refractivity contribution in [1.29, 1.82) is 0 Å². The molecule has 0 heterocycles. The molecule has 0 saturated heterocycles. The number of nitrogens with one attached hydrogen (secondary N) is 1. The molecule has 4 heteroatoms. The van der Waals surface area contributed by atoms with Gasteiger partial charge in [-0.1, -0.05) is 59.7 Å². The number of benzene rings is 2. The van der Waals surface area contributed by atoms with Crippen LogP contribution in [-0.2, 0) is 22.6 Å². The maximum absolute atomic E-state index is 13.1. The maximum Gasteiger partial charge on any atom is 0.242 e. The Hall–Kier alpha value is -2.62. The summed E-state index contributed by atoms with van der Waals surface area (Å²) in [7, 11) is 0. The van der Waals surface area contributed by atoms with Crippen LogP contribution < -0.4 is 5.32 Å². The van der Waals surface area contributed by atoms with E-state index >= 15 is 0 Å². The topological polar surface area (TPSA) is 49.4 Å². The predicted octanol–water partition coefficient (Wildman–Crippen LogP) is 3.79. The van der Waals surface area contributed by atoms with Gasteiger partial charge in [0.2, 0.25) is 11.8 Å². The fourth-order valence-corrected chi connectivity index (χ4v) is 3.09. The van der Waals surface area contributed by atoms with Crippen LogP contribution in [0.3, 0.4) is 0 Å². The number of rotatable bonds is 7. The highest BCUT2D eigenvalue weighted by Gasteiger charge is 2.26. The normalized spacial score (nSPS) is 11.9. The van der Waals surface area contributed by atoms with Gasteiger partial charge in [0.05, 0.1) is 6.42 Å². The molecule has 0 bridgehead atoms. The summed E-state index contributed by atoms with van der Waals surface area (Å²) >= 11 is 0. The molecular weight excluding hydrogens is 336 g/mol. The van der Waals surface area contributed by atoms with E-state index in [0.29, 0.717) is 6.54 Å². The molecule has 0 aliphatic carbocycles. The lowest BCUT2D eigenvalue weighted by Crippen LogP contribution is -2.49. The van der Waals surface area contributed by atoms with Crippen LogP contribution in [0.4, 0.5) is 0 Å². The summed E-state index contributed by atoms with van der Waals surface area (Å²) in [6.45, 7) is 10.1. The zero-order valence-electron chi connectivity index (χ0n) is 17.0. The van der Waals surface area contributed by atoms with Crippen LogP contribution in [-0.4, -0.2) is 28.8 Å². The average Bonchev–Trinajstić information content (AvgIpc) is 2.58. The number of hydrogen-bond acceptors (Lipinski definition) is 2. The first-order chi connectivity index (χ1) is 12.8. The van der Waals surface area contributed by atoms with Gasteiger partial charge in [-0.2, -0.15) is 0 Å². The summed E-state index contributed by atoms with van der Waals surface area (Å²) in [6, 6.07) is 15.5. The number of carbonyl (C=O) groups is 2. The number of carbonyl (C=O) groups excluding carboxylic acids is 2. The Kier molecular flexibility index (Phi) is 7.17. The predicted molar refractivity (Wildman–Crippen MR) is 109 cm³/mol. The second-order valence-corrected chi connectivity index (χ2v) is 7.52. The van der Waals surface area contributed by atoms with Gasteiger partial charge >= 0.3 is 0 Å². The van der Waals surface area contributed by atoms with Crippen molar-refractivity contribution in [2.75, 3.05) is 0 Å². The number of aryl methyl sites for hydroxylation is 2. The maximum atomic E-state index is 13.1. The molecule has 2 amide bonds. The van der Waals surface area contributed by atoms with Crippen LogP contribution in [0, 0.1) is 13.8 Å². The summed E-state index contributed by atoms with van der Waals surface area (Å²) in [5.74, 6) is -0.177. The van der Waals surface area contributed by atoms with E-state index in [2.05, 4.69) is 11.4 Å². The largest absolute Gasteiger partial charge is 0.352 e. The highest BCUT2D eigenvalue weighted by Crippen LogP contribution is 2.14. The second kappa shape index (κ2) is 9.36. The van der Waals surface area contributed by atoms with E-state index in [9.17, 15) is 9.59 Å². The lowest BCUT2D eigenvalue weighted by molar-refractivity contribution is -0.140. The number of hydrogen-bond donors (Lipinski definition) is 1. The van der Waals surface area contributed by atoms with Gasteiger partial charge in [-0.15, -0.1) is 0 Å². The molecule has 1 atom stereocenters. The third-order valence-electron chi connectivity index (χ3n) is 4.47. The van der Waals surface area contributed by atoms with E-state index in [1.807, 2.05) is 70.2 Å². The third kappa shape index (κ3) is 6.24. The average molecular weight is 367 g/mol. The van der Waals surface area contributed by atoms with Crippen molar-refractivity contribution in [3.63, 3.8) is 0 Å². The van der Waals surface area contributed by atoms with Crippen molar-refractivity contribution in [2.45, 2.75) is 59.7 Å². The lowest BCUT2D eigenvalue weighted by atomic mass is 10.1. The molecule has 1 N–H and O–H groups in total. The van der Waals surface area contributed by atoms with E-state index < -0.39 is 6.04 Å². The second-order valence-electron chi connectivity index (χ2n) is 7.52. The monoisotopic (exact) mass is 366 g/mol. The fraction of sp³-hybridized carbons (Fsp3) is 0.391. The summed E-state index contributed by atoms with van der Waals surface area (Å²) < 4.78 is 0. The molecule has 1 unspecified atom stereocenters. The van der Waals surface area contributed by atoms with Crippen LogP contribution in [0.1, 0.15) is 43.0 Å². The molecule has 0 radical (unpaired) electrons. The van der Waals surface area contributed by atoms with E-state index in [-0.39, 0.29) is 24.3 Å². The fourth-order valence-electron chi connectivity index (χ4n) is 3.09. The van der Waals surface area contributed by atoms with Gasteiger partial charge in [0, 0.05) is 12.6 Å². The molecule has 0 spiro atoms. The highest BCUT2D eigenvalue weighted by atomic mass is 16.2. The minimum atomic E-state index is -0.537. The molecule has 2 aromatic rings. The van der Waals surface area contributed by atoms with Gasteiger partial charge in [0.1, 0.15) is 6.04 Å². The zero-order chi connectivity index (χ0) is 20.0. The van der Waals surface area contributed by atoms with Crippen molar-refractivity contribution in [3.8, 4) is 0 Å². The van der Waals surface area contributed by atoms with Crippen molar-refractivity contribution >= 4 is 11.8 Å². The van der Waals surface area contributed by atoms with Crippen molar-refractivity contribution < 1.29 is 9.59 Å². The molecule has 0 saturated carbocycles. The van der Waals surface area contributed by atoms with Crippen LogP contribution in [0.2, 0.25) is 0 Å². The number of amides is 2. The SMILES string of the molecule is Cc1cccc(CC(=O)N(Cc2cccc(C)c2)C(C)C(=O)NC(C)C)c1. The smallest absolute Gasteiger partial charge is 0.242 e. The Morgan fingerprint density at radius 3 is 2.04 bits per heavy atom. The summed E-state index contributed by atoms with van der Waals surface area (Å²) in [4.78, 5) is 27.3.